The minimum absolute atomic E-state index is 0.0878. The molecular formula is C15H20F6N6O2. The lowest BCUT2D eigenvalue weighted by Crippen LogP contribution is -2.39. The highest BCUT2D eigenvalue weighted by molar-refractivity contribution is 5.81. The zero-order valence-corrected chi connectivity index (χ0v) is 15.8. The molecule has 2 N–H and O–H groups in total. The third-order valence-electron chi connectivity index (χ3n) is 3.36. The zero-order chi connectivity index (χ0) is 22.4. The molecule has 0 aliphatic rings. The summed E-state index contributed by atoms with van der Waals surface area (Å²) in [6.07, 6.45) is -9.06. The summed E-state index contributed by atoms with van der Waals surface area (Å²) in [7, 11) is 2.00. The fraction of sp³-hybridized carbons (Fsp3) is 0.600. The van der Waals surface area contributed by atoms with E-state index in [0.29, 0.717) is 9.80 Å². The van der Waals surface area contributed by atoms with Crippen molar-refractivity contribution in [3.05, 3.63) is 11.9 Å². The highest BCUT2D eigenvalue weighted by atomic mass is 19.4. The molecule has 0 fully saturated rings. The van der Waals surface area contributed by atoms with Gasteiger partial charge in [0.2, 0.25) is 11.8 Å². The second-order valence-corrected chi connectivity index (χ2v) is 6.12. The Morgan fingerprint density at radius 1 is 0.862 bits per heavy atom. The molecule has 1 aromatic heterocycles. The molecule has 0 aliphatic carbocycles. The lowest BCUT2D eigenvalue weighted by atomic mass is 10.4. The SMILES string of the molecule is Cc1nc(NCC(=O)N(C)CC(F)(F)F)cc(NCC(=O)N(C)CC(F)(F)F)n1. The number of nitrogens with one attached hydrogen (secondary N) is 2. The molecule has 1 aromatic rings. The van der Waals surface area contributed by atoms with Crippen molar-refractivity contribution in [2.45, 2.75) is 19.3 Å². The molecule has 164 valence electrons. The average Bonchev–Trinajstić information content (AvgIpc) is 2.54. The summed E-state index contributed by atoms with van der Waals surface area (Å²) >= 11 is 0. The van der Waals surface area contributed by atoms with Crippen molar-refractivity contribution in [1.29, 1.82) is 0 Å². The van der Waals surface area contributed by atoms with Crippen LogP contribution in [0.1, 0.15) is 5.82 Å². The molecule has 29 heavy (non-hydrogen) atoms. The van der Waals surface area contributed by atoms with Gasteiger partial charge in [0.25, 0.3) is 0 Å². The first kappa shape index (κ1) is 24.2. The first-order valence-electron chi connectivity index (χ1n) is 8.11. The molecule has 0 unspecified atom stereocenters. The number of alkyl halides is 6. The van der Waals surface area contributed by atoms with Crippen LogP contribution in [0.25, 0.3) is 0 Å². The van der Waals surface area contributed by atoms with Crippen molar-refractivity contribution in [2.75, 3.05) is 50.9 Å². The van der Waals surface area contributed by atoms with Gasteiger partial charge in [0, 0.05) is 20.2 Å². The maximum Gasteiger partial charge on any atom is 0.406 e. The number of aromatic nitrogens is 2. The Labute approximate surface area is 162 Å². The Bertz CT molecular complexity index is 668. The Hall–Kier alpha value is -2.80. The molecule has 0 spiro atoms. The highest BCUT2D eigenvalue weighted by Crippen LogP contribution is 2.17. The molecule has 0 aromatic carbocycles. The number of hydrogen-bond acceptors (Lipinski definition) is 6. The summed E-state index contributed by atoms with van der Waals surface area (Å²) in [5, 5.41) is 5.08. The van der Waals surface area contributed by atoms with Gasteiger partial charge >= 0.3 is 12.4 Å². The third-order valence-corrected chi connectivity index (χ3v) is 3.36. The third kappa shape index (κ3) is 9.80. The molecule has 1 rings (SSSR count). The van der Waals surface area contributed by atoms with Gasteiger partial charge in [-0.2, -0.15) is 26.3 Å². The number of hydrogen-bond donors (Lipinski definition) is 2. The van der Waals surface area contributed by atoms with Gasteiger partial charge in [0.1, 0.15) is 30.5 Å². The average molecular weight is 430 g/mol. The van der Waals surface area contributed by atoms with E-state index < -0.39 is 50.3 Å². The fourth-order valence-corrected chi connectivity index (χ4v) is 2.07. The van der Waals surface area contributed by atoms with Crippen LogP contribution in [0, 0.1) is 6.92 Å². The molecule has 0 saturated heterocycles. The van der Waals surface area contributed by atoms with Crippen molar-refractivity contribution in [2.24, 2.45) is 0 Å². The normalized spacial score (nSPS) is 11.8. The van der Waals surface area contributed by atoms with Crippen LogP contribution in [0.15, 0.2) is 6.07 Å². The number of amides is 2. The van der Waals surface area contributed by atoms with Gasteiger partial charge in [-0.25, -0.2) is 9.97 Å². The number of rotatable bonds is 8. The minimum Gasteiger partial charge on any atom is -0.361 e. The minimum atomic E-state index is -4.53. The standard InChI is InChI=1S/C15H20F6N6O2/c1-9-24-10(22-5-12(28)26(2)7-14(16,17)18)4-11(25-9)23-6-13(29)27(3)8-15(19,20)21/h4H,5-8H2,1-3H3,(H2,22,23,24,25). The van der Waals surface area contributed by atoms with Crippen LogP contribution >= 0.6 is 0 Å². The van der Waals surface area contributed by atoms with Crippen molar-refractivity contribution in [3.8, 4) is 0 Å². The number of carbonyl (C=O) groups is 2. The zero-order valence-electron chi connectivity index (χ0n) is 15.8. The van der Waals surface area contributed by atoms with Gasteiger partial charge in [-0.3, -0.25) is 9.59 Å². The molecule has 0 saturated carbocycles. The number of carbonyl (C=O) groups excluding carboxylic acids is 2. The first-order chi connectivity index (χ1) is 13.2. The number of halogens is 6. The van der Waals surface area contributed by atoms with Crippen LogP contribution in [-0.4, -0.2) is 84.2 Å². The molecule has 0 bridgehead atoms. The van der Waals surface area contributed by atoms with Crippen molar-refractivity contribution in [3.63, 3.8) is 0 Å². The smallest absolute Gasteiger partial charge is 0.361 e. The van der Waals surface area contributed by atoms with Gasteiger partial charge in [-0.15, -0.1) is 0 Å². The Morgan fingerprint density at radius 3 is 1.52 bits per heavy atom. The van der Waals surface area contributed by atoms with E-state index in [1.54, 1.807) is 0 Å². The molecule has 0 atom stereocenters. The quantitative estimate of drug-likeness (QED) is 0.610. The van der Waals surface area contributed by atoms with Crippen molar-refractivity contribution < 1.29 is 35.9 Å². The lowest BCUT2D eigenvalue weighted by Gasteiger charge is -2.20. The summed E-state index contributed by atoms with van der Waals surface area (Å²) < 4.78 is 73.8. The first-order valence-corrected chi connectivity index (χ1v) is 8.11. The maximum absolute atomic E-state index is 12.3. The van der Waals surface area contributed by atoms with Crippen molar-refractivity contribution in [1.82, 2.24) is 19.8 Å². The van der Waals surface area contributed by atoms with E-state index in [-0.39, 0.29) is 17.5 Å². The van der Waals surface area contributed by atoms with E-state index in [0.717, 1.165) is 14.1 Å². The topological polar surface area (TPSA) is 90.5 Å². The van der Waals surface area contributed by atoms with Gasteiger partial charge in [-0.05, 0) is 6.92 Å². The van der Waals surface area contributed by atoms with Crippen LogP contribution in [0.2, 0.25) is 0 Å². The lowest BCUT2D eigenvalue weighted by molar-refractivity contribution is -0.157. The van der Waals surface area contributed by atoms with Crippen molar-refractivity contribution >= 4 is 23.5 Å². The fourth-order valence-electron chi connectivity index (χ4n) is 2.07. The van der Waals surface area contributed by atoms with Crippen LogP contribution in [0.4, 0.5) is 38.0 Å². The van der Waals surface area contributed by atoms with E-state index in [2.05, 4.69) is 20.6 Å². The molecule has 0 aliphatic heterocycles. The number of likely N-dealkylation sites (N-methyl/N-ethyl adjacent to an activating group) is 2. The molecule has 14 heteroatoms. The van der Waals surface area contributed by atoms with Crippen LogP contribution in [0.5, 0.6) is 0 Å². The Kier molecular flexibility index (Phi) is 8.03. The summed E-state index contributed by atoms with van der Waals surface area (Å²) in [5.74, 6) is -1.30. The largest absolute Gasteiger partial charge is 0.406 e. The summed E-state index contributed by atoms with van der Waals surface area (Å²) in [4.78, 5) is 32.4. The van der Waals surface area contributed by atoms with E-state index in [4.69, 9.17) is 0 Å². The van der Waals surface area contributed by atoms with Gasteiger partial charge in [-0.1, -0.05) is 0 Å². The van der Waals surface area contributed by atoms with Gasteiger partial charge in [0.15, 0.2) is 0 Å². The second kappa shape index (κ2) is 9.60. The predicted octanol–water partition coefficient (Wildman–Crippen LogP) is 1.65. The maximum atomic E-state index is 12.3. The summed E-state index contributed by atoms with van der Waals surface area (Å²) in [6, 6.07) is 1.26. The molecule has 8 nitrogen and oxygen atoms in total. The van der Waals surface area contributed by atoms with Crippen LogP contribution in [0.3, 0.4) is 0 Å². The van der Waals surface area contributed by atoms with Gasteiger partial charge in [0.05, 0.1) is 13.1 Å². The number of anilines is 2. The summed E-state index contributed by atoms with van der Waals surface area (Å²) in [6.45, 7) is -2.29. The summed E-state index contributed by atoms with van der Waals surface area (Å²) in [5.41, 5.74) is 0. The van der Waals surface area contributed by atoms with Crippen LogP contribution < -0.4 is 10.6 Å². The monoisotopic (exact) mass is 430 g/mol. The molecule has 0 radical (unpaired) electrons. The number of aryl methyl sites for hydroxylation is 1. The molecule has 2 amide bonds. The molecule has 1 heterocycles. The van der Waals surface area contributed by atoms with E-state index in [9.17, 15) is 35.9 Å². The Morgan fingerprint density at radius 2 is 1.21 bits per heavy atom. The molecular weight excluding hydrogens is 410 g/mol. The second-order valence-electron chi connectivity index (χ2n) is 6.12. The van der Waals surface area contributed by atoms with E-state index in [1.165, 1.54) is 13.0 Å². The van der Waals surface area contributed by atoms with E-state index in [1.807, 2.05) is 0 Å². The van der Waals surface area contributed by atoms with Crippen LogP contribution in [-0.2, 0) is 9.59 Å². The highest BCUT2D eigenvalue weighted by Gasteiger charge is 2.31. The Balaban J connectivity index is 2.64. The van der Waals surface area contributed by atoms with E-state index >= 15 is 0 Å². The predicted molar refractivity (Wildman–Crippen MR) is 91.1 cm³/mol. The van der Waals surface area contributed by atoms with Gasteiger partial charge < -0.3 is 20.4 Å². The number of nitrogens with zero attached hydrogens (tertiary/aromatic N) is 4.